The summed E-state index contributed by atoms with van der Waals surface area (Å²) in [7, 11) is 4.36. The predicted octanol–water partition coefficient (Wildman–Crippen LogP) is 5.26. The highest BCUT2D eigenvalue weighted by atomic mass is 35.5. The summed E-state index contributed by atoms with van der Waals surface area (Å²) in [5.41, 5.74) is 3.93. The molecule has 2 fully saturated rings. The van der Waals surface area contributed by atoms with Crippen LogP contribution >= 0.6 is 12.4 Å². The lowest BCUT2D eigenvalue weighted by Crippen LogP contribution is -2.31. The van der Waals surface area contributed by atoms with Crippen molar-refractivity contribution in [2.75, 3.05) is 20.1 Å². The Labute approximate surface area is 252 Å². The van der Waals surface area contributed by atoms with Gasteiger partial charge in [-0.1, -0.05) is 43.3 Å². The fourth-order valence-corrected chi connectivity index (χ4v) is 7.21. The number of H-pyrrole nitrogens is 1. The van der Waals surface area contributed by atoms with E-state index in [4.69, 9.17) is 0 Å². The number of benzene rings is 2. The zero-order valence-electron chi connectivity index (χ0n) is 24.3. The number of hydrogen-bond donors (Lipinski definition) is 3. The van der Waals surface area contributed by atoms with Gasteiger partial charge in [-0.25, -0.2) is 4.79 Å². The van der Waals surface area contributed by atoms with Crippen molar-refractivity contribution in [1.29, 1.82) is 0 Å². The third-order valence-electron chi connectivity index (χ3n) is 9.37. The highest BCUT2D eigenvalue weighted by Gasteiger charge is 2.42. The van der Waals surface area contributed by atoms with Crippen LogP contribution < -0.4 is 5.56 Å². The number of nitrogens with one attached hydrogen (secondary N) is 1. The average molecular weight is 591 g/mol. The maximum atomic E-state index is 12.5. The lowest BCUT2D eigenvalue weighted by molar-refractivity contribution is 0.0691. The first kappa shape index (κ1) is 29.9. The minimum Gasteiger partial charge on any atom is -0.506 e. The molecule has 0 amide bonds. The second-order valence-corrected chi connectivity index (χ2v) is 11.9. The molecule has 2 aromatic heterocycles. The van der Waals surface area contributed by atoms with Crippen molar-refractivity contribution in [3.63, 3.8) is 0 Å². The summed E-state index contributed by atoms with van der Waals surface area (Å²) in [4.78, 5) is 31.8. The van der Waals surface area contributed by atoms with Crippen molar-refractivity contribution < 1.29 is 15.0 Å². The van der Waals surface area contributed by atoms with E-state index < -0.39 is 22.8 Å². The molecule has 222 valence electrons. The smallest absolute Gasteiger partial charge is 0.345 e. The van der Waals surface area contributed by atoms with Crippen molar-refractivity contribution in [1.82, 2.24) is 19.4 Å². The molecular weight excluding hydrogens is 552 g/mol. The van der Waals surface area contributed by atoms with Gasteiger partial charge in [0.05, 0.1) is 5.69 Å². The van der Waals surface area contributed by atoms with Gasteiger partial charge >= 0.3 is 5.97 Å². The summed E-state index contributed by atoms with van der Waals surface area (Å²) in [6.45, 7) is 5.98. The zero-order chi connectivity index (χ0) is 28.8. The molecule has 6 rings (SSSR count). The Morgan fingerprint density at radius 2 is 1.76 bits per heavy atom. The molecular formula is C33H39ClN4O4. The van der Waals surface area contributed by atoms with Crippen LogP contribution in [0.4, 0.5) is 0 Å². The normalized spacial score (nSPS) is 20.2. The van der Waals surface area contributed by atoms with Crippen LogP contribution in [0, 0.1) is 11.8 Å². The van der Waals surface area contributed by atoms with Gasteiger partial charge in [0.15, 0.2) is 5.56 Å². The largest absolute Gasteiger partial charge is 0.506 e. The van der Waals surface area contributed by atoms with Gasteiger partial charge in [-0.15, -0.1) is 12.4 Å². The number of aromatic hydroxyl groups is 1. The van der Waals surface area contributed by atoms with E-state index in [1.165, 1.54) is 24.1 Å². The molecule has 8 nitrogen and oxygen atoms in total. The summed E-state index contributed by atoms with van der Waals surface area (Å²) in [6.07, 6.45) is 2.90. The number of aryl methyl sites for hydroxylation is 1. The summed E-state index contributed by atoms with van der Waals surface area (Å²) in [5.74, 6) is -0.412. The predicted molar refractivity (Wildman–Crippen MR) is 167 cm³/mol. The number of aromatic carboxylic acids is 1. The number of likely N-dealkylation sites (tertiary alicyclic amines) is 1. The third kappa shape index (κ3) is 5.46. The highest BCUT2D eigenvalue weighted by molar-refractivity contribution is 5.92. The molecule has 0 radical (unpaired) electrons. The maximum absolute atomic E-state index is 12.5. The Kier molecular flexibility index (Phi) is 8.51. The van der Waals surface area contributed by atoms with E-state index in [1.807, 2.05) is 25.1 Å². The molecule has 3 heterocycles. The fourth-order valence-electron chi connectivity index (χ4n) is 7.21. The number of nitrogens with zero attached hydrogens (tertiary/aromatic N) is 3. The highest BCUT2D eigenvalue weighted by Crippen LogP contribution is 2.41. The first-order valence-corrected chi connectivity index (χ1v) is 14.5. The standard InChI is InChI=1S/C33H38N4O4.ClH/c1-4-27-30(34-32(39)29(31(27)38)33(40)41)21-10-11-28-22(12-21)13-26(36(28)3)19-37-17-23-14-25(15-24(23)18-37)35(2)16-20-8-6-5-7-9-20;/h5-13,23-25H,4,14-19H2,1-3H3,(H,40,41)(H2,34,38,39);1H/t23-,24+,25?;. The quantitative estimate of drug-likeness (QED) is 0.259. The van der Waals surface area contributed by atoms with E-state index in [0.717, 1.165) is 54.5 Å². The zero-order valence-corrected chi connectivity index (χ0v) is 25.2. The number of fused-ring (bicyclic) bond motifs is 2. The molecule has 1 aliphatic carbocycles. The Bertz CT molecular complexity index is 1650. The lowest BCUT2D eigenvalue weighted by atomic mass is 9.99. The number of pyridine rings is 1. The lowest BCUT2D eigenvalue weighted by Gasteiger charge is -2.26. The second-order valence-electron chi connectivity index (χ2n) is 11.9. The van der Waals surface area contributed by atoms with E-state index in [1.54, 1.807) is 0 Å². The second kappa shape index (κ2) is 12.0. The van der Waals surface area contributed by atoms with E-state index in [9.17, 15) is 19.8 Å². The SMILES string of the molecule is CCc1c(-c2ccc3c(c2)cc(CN2C[C@H]4CC(N(C)Cc5ccccc5)C[C@H]4C2)n3C)[nH]c(=O)c(C(=O)O)c1O.Cl. The Balaban J connectivity index is 0.00000353. The van der Waals surface area contributed by atoms with Crippen molar-refractivity contribution in [3.05, 3.63) is 87.3 Å². The van der Waals surface area contributed by atoms with Gasteiger partial charge in [0, 0.05) is 61.4 Å². The molecule has 1 saturated carbocycles. The van der Waals surface area contributed by atoms with Crippen LogP contribution in [0.2, 0.25) is 0 Å². The summed E-state index contributed by atoms with van der Waals surface area (Å²) in [6, 6.07) is 19.5. The summed E-state index contributed by atoms with van der Waals surface area (Å²) in [5, 5.41) is 21.0. The fraction of sp³-hybridized carbons (Fsp3) is 0.394. The summed E-state index contributed by atoms with van der Waals surface area (Å²) < 4.78 is 2.23. The van der Waals surface area contributed by atoms with E-state index in [-0.39, 0.29) is 12.4 Å². The number of carbonyl (C=O) groups is 1. The number of carboxylic acid groups (broad SMARTS) is 1. The van der Waals surface area contributed by atoms with Crippen molar-refractivity contribution in [2.24, 2.45) is 18.9 Å². The van der Waals surface area contributed by atoms with Crippen molar-refractivity contribution >= 4 is 29.3 Å². The van der Waals surface area contributed by atoms with Gasteiger partial charge in [0.1, 0.15) is 5.75 Å². The number of halogens is 1. The number of aromatic nitrogens is 2. The molecule has 42 heavy (non-hydrogen) atoms. The number of hydrogen-bond acceptors (Lipinski definition) is 5. The molecule has 1 aliphatic heterocycles. The first-order valence-electron chi connectivity index (χ1n) is 14.5. The Morgan fingerprint density at radius 1 is 1.07 bits per heavy atom. The molecule has 4 aromatic rings. The molecule has 9 heteroatoms. The molecule has 1 unspecified atom stereocenters. The van der Waals surface area contributed by atoms with Gasteiger partial charge in [-0.05, 0) is 67.5 Å². The maximum Gasteiger partial charge on any atom is 0.345 e. The molecule has 2 aromatic carbocycles. The van der Waals surface area contributed by atoms with Crippen LogP contribution in [-0.4, -0.2) is 61.7 Å². The van der Waals surface area contributed by atoms with E-state index in [0.29, 0.717) is 23.7 Å². The molecule has 0 spiro atoms. The monoisotopic (exact) mass is 590 g/mol. The van der Waals surface area contributed by atoms with E-state index in [2.05, 4.69) is 69.8 Å². The number of carboxylic acids is 1. The minimum atomic E-state index is -1.44. The van der Waals surface area contributed by atoms with Gasteiger partial charge in [-0.3, -0.25) is 14.6 Å². The average Bonchev–Trinajstić information content (AvgIpc) is 3.60. The molecule has 3 atom stereocenters. The summed E-state index contributed by atoms with van der Waals surface area (Å²) >= 11 is 0. The van der Waals surface area contributed by atoms with Crippen LogP contribution in [0.25, 0.3) is 22.2 Å². The van der Waals surface area contributed by atoms with Gasteiger partial charge in [-0.2, -0.15) is 0 Å². The Morgan fingerprint density at radius 3 is 2.40 bits per heavy atom. The molecule has 2 aliphatic rings. The topological polar surface area (TPSA) is 102 Å². The van der Waals surface area contributed by atoms with Crippen LogP contribution in [0.1, 0.15) is 46.9 Å². The molecule has 1 saturated heterocycles. The van der Waals surface area contributed by atoms with Crippen molar-refractivity contribution in [3.8, 4) is 17.0 Å². The molecule has 0 bridgehead atoms. The van der Waals surface area contributed by atoms with Crippen LogP contribution in [0.3, 0.4) is 0 Å². The Hall–Kier alpha value is -3.59. The number of aromatic amines is 1. The van der Waals surface area contributed by atoms with E-state index >= 15 is 0 Å². The number of rotatable bonds is 8. The van der Waals surface area contributed by atoms with Crippen molar-refractivity contribution in [2.45, 2.75) is 45.3 Å². The third-order valence-corrected chi connectivity index (χ3v) is 9.37. The molecule has 3 N–H and O–H groups in total. The van der Waals surface area contributed by atoms with Crippen LogP contribution in [0.5, 0.6) is 5.75 Å². The van der Waals surface area contributed by atoms with Gasteiger partial charge in [0.25, 0.3) is 5.56 Å². The van der Waals surface area contributed by atoms with Gasteiger partial charge in [0.2, 0.25) is 0 Å². The minimum absolute atomic E-state index is 0. The van der Waals surface area contributed by atoms with Gasteiger partial charge < -0.3 is 19.8 Å². The first-order chi connectivity index (χ1) is 19.7. The van der Waals surface area contributed by atoms with Crippen LogP contribution in [0.15, 0.2) is 59.4 Å². The van der Waals surface area contributed by atoms with Crippen LogP contribution in [-0.2, 0) is 26.6 Å².